The van der Waals surface area contributed by atoms with E-state index in [2.05, 4.69) is 13.8 Å². The van der Waals surface area contributed by atoms with Crippen molar-refractivity contribution in [2.75, 3.05) is 0 Å². The Kier molecular flexibility index (Phi) is 3.78. The van der Waals surface area contributed by atoms with E-state index in [0.29, 0.717) is 11.5 Å². The predicted octanol–water partition coefficient (Wildman–Crippen LogP) is 4.11. The molecule has 2 heteroatoms. The van der Waals surface area contributed by atoms with Gasteiger partial charge in [-0.15, -0.1) is 0 Å². The highest BCUT2D eigenvalue weighted by atomic mass is 19.1. The largest absolute Gasteiger partial charge is 0.392 e. The van der Waals surface area contributed by atoms with E-state index in [1.807, 2.05) is 24.3 Å². The van der Waals surface area contributed by atoms with Crippen LogP contribution in [0.1, 0.15) is 30.9 Å². The third kappa shape index (κ3) is 2.59. The zero-order valence-corrected chi connectivity index (χ0v) is 10.7. The molecule has 0 radical (unpaired) electrons. The Morgan fingerprint density at radius 3 is 2.56 bits per heavy atom. The monoisotopic (exact) mass is 244 g/mol. The molecule has 0 amide bonds. The molecule has 0 aliphatic heterocycles. The van der Waals surface area contributed by atoms with Gasteiger partial charge in [0.25, 0.3) is 0 Å². The SMILES string of the molecule is CC(C)c1cccc(-c2cc(CO)ccc2F)c1. The first-order chi connectivity index (χ1) is 8.61. The summed E-state index contributed by atoms with van der Waals surface area (Å²) in [7, 11) is 0. The second-order valence-electron chi connectivity index (χ2n) is 4.75. The van der Waals surface area contributed by atoms with E-state index in [4.69, 9.17) is 5.11 Å². The lowest BCUT2D eigenvalue weighted by Gasteiger charge is -2.10. The number of halogens is 1. The fraction of sp³-hybridized carbons (Fsp3) is 0.250. The van der Waals surface area contributed by atoms with Crippen LogP contribution in [-0.4, -0.2) is 5.11 Å². The summed E-state index contributed by atoms with van der Waals surface area (Å²) in [4.78, 5) is 0. The van der Waals surface area contributed by atoms with E-state index in [9.17, 15) is 4.39 Å². The second kappa shape index (κ2) is 5.32. The van der Waals surface area contributed by atoms with Crippen molar-refractivity contribution in [3.63, 3.8) is 0 Å². The zero-order valence-electron chi connectivity index (χ0n) is 10.7. The predicted molar refractivity (Wildman–Crippen MR) is 71.8 cm³/mol. The minimum atomic E-state index is -0.256. The Balaban J connectivity index is 2.50. The van der Waals surface area contributed by atoms with Crippen molar-refractivity contribution >= 4 is 0 Å². The number of benzene rings is 2. The maximum atomic E-state index is 13.8. The van der Waals surface area contributed by atoms with Gasteiger partial charge in [0, 0.05) is 5.56 Å². The summed E-state index contributed by atoms with van der Waals surface area (Å²) in [6.45, 7) is 4.15. The zero-order chi connectivity index (χ0) is 13.1. The van der Waals surface area contributed by atoms with Crippen LogP contribution in [0.15, 0.2) is 42.5 Å². The molecule has 94 valence electrons. The van der Waals surface area contributed by atoms with E-state index in [1.54, 1.807) is 12.1 Å². The third-order valence-corrected chi connectivity index (χ3v) is 3.08. The summed E-state index contributed by atoms with van der Waals surface area (Å²) >= 11 is 0. The van der Waals surface area contributed by atoms with E-state index >= 15 is 0 Å². The van der Waals surface area contributed by atoms with E-state index in [0.717, 1.165) is 11.1 Å². The molecule has 0 aliphatic rings. The molecule has 0 aliphatic carbocycles. The molecule has 0 aromatic heterocycles. The van der Waals surface area contributed by atoms with Gasteiger partial charge in [-0.25, -0.2) is 4.39 Å². The first-order valence-electron chi connectivity index (χ1n) is 6.11. The van der Waals surface area contributed by atoms with Gasteiger partial charge in [0.05, 0.1) is 6.61 Å². The molecule has 0 bridgehead atoms. The molecule has 0 saturated carbocycles. The Hall–Kier alpha value is -1.67. The molecular formula is C16H17FO. The van der Waals surface area contributed by atoms with Crippen molar-refractivity contribution in [3.8, 4) is 11.1 Å². The van der Waals surface area contributed by atoms with Crippen LogP contribution in [-0.2, 0) is 6.61 Å². The van der Waals surface area contributed by atoms with Crippen LogP contribution in [0.25, 0.3) is 11.1 Å². The summed E-state index contributed by atoms with van der Waals surface area (Å²) < 4.78 is 13.8. The lowest BCUT2D eigenvalue weighted by Crippen LogP contribution is -1.92. The molecule has 1 N–H and O–H groups in total. The van der Waals surface area contributed by atoms with Crippen molar-refractivity contribution in [1.82, 2.24) is 0 Å². The number of hydrogen-bond donors (Lipinski definition) is 1. The van der Waals surface area contributed by atoms with Gasteiger partial charge in [-0.05, 0) is 34.7 Å². The van der Waals surface area contributed by atoms with Crippen molar-refractivity contribution in [1.29, 1.82) is 0 Å². The Labute approximate surface area is 107 Å². The van der Waals surface area contributed by atoms with Crippen LogP contribution in [0.2, 0.25) is 0 Å². The number of aliphatic hydroxyl groups excluding tert-OH is 1. The molecule has 0 spiro atoms. The molecule has 1 nitrogen and oxygen atoms in total. The molecule has 0 unspecified atom stereocenters. The maximum Gasteiger partial charge on any atom is 0.131 e. The van der Waals surface area contributed by atoms with Crippen LogP contribution >= 0.6 is 0 Å². The van der Waals surface area contributed by atoms with Crippen molar-refractivity contribution in [3.05, 3.63) is 59.4 Å². The van der Waals surface area contributed by atoms with E-state index < -0.39 is 0 Å². The Morgan fingerprint density at radius 2 is 1.89 bits per heavy atom. The molecule has 0 saturated heterocycles. The normalized spacial score (nSPS) is 10.9. The van der Waals surface area contributed by atoms with Crippen molar-refractivity contribution < 1.29 is 9.50 Å². The average Bonchev–Trinajstić information content (AvgIpc) is 2.39. The van der Waals surface area contributed by atoms with Gasteiger partial charge in [0.2, 0.25) is 0 Å². The van der Waals surface area contributed by atoms with Crippen LogP contribution in [0.4, 0.5) is 4.39 Å². The lowest BCUT2D eigenvalue weighted by molar-refractivity contribution is 0.282. The molecule has 2 aromatic rings. The molecule has 2 rings (SSSR count). The molecular weight excluding hydrogens is 227 g/mol. The number of rotatable bonds is 3. The lowest BCUT2D eigenvalue weighted by atomic mass is 9.96. The van der Waals surface area contributed by atoms with Gasteiger partial charge >= 0.3 is 0 Å². The first kappa shape index (κ1) is 12.8. The second-order valence-corrected chi connectivity index (χ2v) is 4.75. The number of hydrogen-bond acceptors (Lipinski definition) is 1. The summed E-state index contributed by atoms with van der Waals surface area (Å²) in [5.41, 5.74) is 3.31. The Morgan fingerprint density at radius 1 is 1.11 bits per heavy atom. The molecule has 2 aromatic carbocycles. The topological polar surface area (TPSA) is 20.2 Å². The first-order valence-corrected chi connectivity index (χ1v) is 6.11. The minimum Gasteiger partial charge on any atom is -0.392 e. The van der Waals surface area contributed by atoms with Crippen LogP contribution in [0.5, 0.6) is 0 Å². The molecule has 0 heterocycles. The number of aliphatic hydroxyl groups is 1. The quantitative estimate of drug-likeness (QED) is 0.861. The van der Waals surface area contributed by atoms with Gasteiger partial charge in [0.1, 0.15) is 5.82 Å². The maximum absolute atomic E-state index is 13.8. The van der Waals surface area contributed by atoms with Gasteiger partial charge in [0.15, 0.2) is 0 Å². The van der Waals surface area contributed by atoms with E-state index in [-0.39, 0.29) is 12.4 Å². The highest BCUT2D eigenvalue weighted by Crippen LogP contribution is 2.27. The third-order valence-electron chi connectivity index (χ3n) is 3.08. The highest BCUT2D eigenvalue weighted by molar-refractivity contribution is 5.65. The molecule has 0 atom stereocenters. The van der Waals surface area contributed by atoms with Crippen molar-refractivity contribution in [2.24, 2.45) is 0 Å². The van der Waals surface area contributed by atoms with Gasteiger partial charge in [-0.2, -0.15) is 0 Å². The van der Waals surface area contributed by atoms with Gasteiger partial charge in [-0.3, -0.25) is 0 Å². The average molecular weight is 244 g/mol. The van der Waals surface area contributed by atoms with Crippen LogP contribution in [0, 0.1) is 5.82 Å². The van der Waals surface area contributed by atoms with Crippen LogP contribution < -0.4 is 0 Å². The van der Waals surface area contributed by atoms with Crippen molar-refractivity contribution in [2.45, 2.75) is 26.4 Å². The van der Waals surface area contributed by atoms with Gasteiger partial charge in [-0.1, -0.05) is 44.2 Å². The standard InChI is InChI=1S/C16H17FO/c1-11(2)13-4-3-5-14(9-13)15-8-12(10-18)6-7-16(15)17/h3-9,11,18H,10H2,1-2H3. The van der Waals surface area contributed by atoms with Crippen LogP contribution in [0.3, 0.4) is 0 Å². The summed E-state index contributed by atoms with van der Waals surface area (Å²) in [5, 5.41) is 9.12. The summed E-state index contributed by atoms with van der Waals surface area (Å²) in [6.07, 6.45) is 0. The fourth-order valence-electron chi connectivity index (χ4n) is 1.96. The highest BCUT2D eigenvalue weighted by Gasteiger charge is 2.08. The smallest absolute Gasteiger partial charge is 0.131 e. The van der Waals surface area contributed by atoms with E-state index in [1.165, 1.54) is 11.6 Å². The summed E-state index contributed by atoms with van der Waals surface area (Å²) in [5.74, 6) is 0.155. The molecule has 0 fully saturated rings. The fourth-order valence-corrected chi connectivity index (χ4v) is 1.96. The summed E-state index contributed by atoms with van der Waals surface area (Å²) in [6, 6.07) is 12.6. The minimum absolute atomic E-state index is 0.0723. The van der Waals surface area contributed by atoms with Gasteiger partial charge < -0.3 is 5.11 Å². The Bertz CT molecular complexity index is 547. The molecule has 18 heavy (non-hydrogen) atoms.